The van der Waals surface area contributed by atoms with Crippen molar-refractivity contribution in [2.75, 3.05) is 14.2 Å². The smallest absolute Gasteiger partial charge is 0.122 e. The van der Waals surface area contributed by atoms with Crippen LogP contribution in [0.1, 0.15) is 12.5 Å². The largest absolute Gasteiger partial charge is 0.496 e. The molecule has 1 rings (SSSR count). The SMILES string of the molecule is COc1ccccc1CC(N)C(C)OC. The zero-order valence-electron chi connectivity index (χ0n) is 9.57. The summed E-state index contributed by atoms with van der Waals surface area (Å²) < 4.78 is 10.5. The molecule has 0 saturated carbocycles. The van der Waals surface area contributed by atoms with Crippen LogP contribution in [0, 0.1) is 0 Å². The fourth-order valence-electron chi connectivity index (χ4n) is 1.47. The van der Waals surface area contributed by atoms with Crippen LogP contribution in [0.15, 0.2) is 24.3 Å². The van der Waals surface area contributed by atoms with Crippen molar-refractivity contribution in [2.45, 2.75) is 25.5 Å². The molecule has 0 heterocycles. The van der Waals surface area contributed by atoms with Gasteiger partial charge in [0.15, 0.2) is 0 Å². The molecular weight excluding hydrogens is 190 g/mol. The van der Waals surface area contributed by atoms with Gasteiger partial charge in [0.25, 0.3) is 0 Å². The Morgan fingerprint density at radius 3 is 2.53 bits per heavy atom. The van der Waals surface area contributed by atoms with E-state index in [0.29, 0.717) is 0 Å². The van der Waals surface area contributed by atoms with Crippen molar-refractivity contribution >= 4 is 0 Å². The molecule has 0 amide bonds. The molecule has 0 radical (unpaired) electrons. The predicted molar refractivity (Wildman–Crippen MR) is 61.1 cm³/mol. The molecule has 0 bridgehead atoms. The lowest BCUT2D eigenvalue weighted by molar-refractivity contribution is 0.0954. The first-order valence-electron chi connectivity index (χ1n) is 5.09. The second kappa shape index (κ2) is 5.73. The summed E-state index contributed by atoms with van der Waals surface area (Å²) in [6.45, 7) is 1.97. The molecule has 84 valence electrons. The normalized spacial score (nSPS) is 14.7. The maximum atomic E-state index is 6.00. The van der Waals surface area contributed by atoms with Crippen molar-refractivity contribution in [3.63, 3.8) is 0 Å². The lowest BCUT2D eigenvalue weighted by atomic mass is 10.0. The molecule has 2 atom stereocenters. The van der Waals surface area contributed by atoms with Crippen molar-refractivity contribution < 1.29 is 9.47 Å². The van der Waals surface area contributed by atoms with Crippen molar-refractivity contribution in [3.8, 4) is 5.75 Å². The van der Waals surface area contributed by atoms with Gasteiger partial charge in [-0.2, -0.15) is 0 Å². The summed E-state index contributed by atoms with van der Waals surface area (Å²) in [7, 11) is 3.34. The van der Waals surface area contributed by atoms with Crippen LogP contribution in [0.25, 0.3) is 0 Å². The summed E-state index contributed by atoms with van der Waals surface area (Å²) in [6, 6.07) is 7.90. The van der Waals surface area contributed by atoms with Gasteiger partial charge in [-0.05, 0) is 25.0 Å². The molecule has 3 nitrogen and oxygen atoms in total. The minimum absolute atomic E-state index is 0.00806. The standard InChI is InChI=1S/C12H19NO2/c1-9(14-2)11(13)8-10-6-4-5-7-12(10)15-3/h4-7,9,11H,8,13H2,1-3H3. The van der Waals surface area contributed by atoms with Crippen molar-refractivity contribution in [1.82, 2.24) is 0 Å². The van der Waals surface area contributed by atoms with Gasteiger partial charge in [-0.25, -0.2) is 0 Å². The van der Waals surface area contributed by atoms with Gasteiger partial charge in [0, 0.05) is 13.2 Å². The predicted octanol–water partition coefficient (Wildman–Crippen LogP) is 1.60. The van der Waals surface area contributed by atoms with Crippen LogP contribution in [-0.4, -0.2) is 26.4 Å². The zero-order valence-corrected chi connectivity index (χ0v) is 9.57. The Bertz CT molecular complexity index is 301. The molecular formula is C12H19NO2. The molecule has 1 aromatic carbocycles. The number of ether oxygens (including phenoxy) is 2. The van der Waals surface area contributed by atoms with E-state index in [1.54, 1.807) is 14.2 Å². The Balaban J connectivity index is 2.71. The molecule has 15 heavy (non-hydrogen) atoms. The molecule has 0 aliphatic carbocycles. The fourth-order valence-corrected chi connectivity index (χ4v) is 1.47. The van der Waals surface area contributed by atoms with Crippen LogP contribution in [0.4, 0.5) is 0 Å². The van der Waals surface area contributed by atoms with E-state index < -0.39 is 0 Å². The number of nitrogens with two attached hydrogens (primary N) is 1. The number of hydrogen-bond donors (Lipinski definition) is 1. The summed E-state index contributed by atoms with van der Waals surface area (Å²) in [5, 5.41) is 0. The third kappa shape index (κ3) is 3.22. The number of benzene rings is 1. The summed E-state index contributed by atoms with van der Waals surface area (Å²) in [6.07, 6.45) is 0.814. The highest BCUT2D eigenvalue weighted by atomic mass is 16.5. The number of hydrogen-bond acceptors (Lipinski definition) is 3. The molecule has 0 aliphatic heterocycles. The van der Waals surface area contributed by atoms with Gasteiger partial charge in [0.1, 0.15) is 5.75 Å². The Morgan fingerprint density at radius 1 is 1.27 bits per heavy atom. The van der Waals surface area contributed by atoms with E-state index in [4.69, 9.17) is 15.2 Å². The van der Waals surface area contributed by atoms with E-state index in [2.05, 4.69) is 0 Å². The first-order valence-corrected chi connectivity index (χ1v) is 5.09. The van der Waals surface area contributed by atoms with E-state index in [-0.39, 0.29) is 12.1 Å². The van der Waals surface area contributed by atoms with E-state index in [1.807, 2.05) is 31.2 Å². The summed E-state index contributed by atoms with van der Waals surface area (Å²) in [5.41, 5.74) is 7.12. The molecule has 0 fully saturated rings. The first-order chi connectivity index (χ1) is 7.19. The average molecular weight is 209 g/mol. The van der Waals surface area contributed by atoms with Crippen molar-refractivity contribution in [1.29, 1.82) is 0 Å². The van der Waals surface area contributed by atoms with E-state index in [1.165, 1.54) is 0 Å². The minimum Gasteiger partial charge on any atom is -0.496 e. The van der Waals surface area contributed by atoms with Crippen LogP contribution in [0.2, 0.25) is 0 Å². The van der Waals surface area contributed by atoms with Crippen LogP contribution < -0.4 is 10.5 Å². The average Bonchev–Trinajstić information content (AvgIpc) is 2.28. The Labute approximate surface area is 91.2 Å². The first kappa shape index (κ1) is 12.0. The van der Waals surface area contributed by atoms with E-state index in [9.17, 15) is 0 Å². The van der Waals surface area contributed by atoms with Gasteiger partial charge < -0.3 is 15.2 Å². The molecule has 0 spiro atoms. The Hall–Kier alpha value is -1.06. The second-order valence-electron chi connectivity index (χ2n) is 3.62. The van der Waals surface area contributed by atoms with Gasteiger partial charge in [0.2, 0.25) is 0 Å². The lowest BCUT2D eigenvalue weighted by Gasteiger charge is -2.19. The van der Waals surface area contributed by atoms with Gasteiger partial charge in [-0.15, -0.1) is 0 Å². The molecule has 3 heteroatoms. The quantitative estimate of drug-likeness (QED) is 0.801. The second-order valence-corrected chi connectivity index (χ2v) is 3.62. The van der Waals surface area contributed by atoms with Crippen LogP contribution in [0.3, 0.4) is 0 Å². The Kier molecular flexibility index (Phi) is 4.59. The van der Waals surface area contributed by atoms with Gasteiger partial charge in [0.05, 0.1) is 13.2 Å². The van der Waals surface area contributed by atoms with Crippen LogP contribution >= 0.6 is 0 Å². The molecule has 2 N–H and O–H groups in total. The molecule has 1 aromatic rings. The third-order valence-electron chi connectivity index (χ3n) is 2.62. The maximum absolute atomic E-state index is 6.00. The number of methoxy groups -OCH3 is 2. The highest BCUT2D eigenvalue weighted by Gasteiger charge is 2.14. The molecule has 0 aliphatic rings. The topological polar surface area (TPSA) is 44.5 Å². The maximum Gasteiger partial charge on any atom is 0.122 e. The fraction of sp³-hybridized carbons (Fsp3) is 0.500. The van der Waals surface area contributed by atoms with Crippen LogP contribution in [0.5, 0.6) is 5.75 Å². The van der Waals surface area contributed by atoms with Crippen LogP contribution in [-0.2, 0) is 11.2 Å². The molecule has 2 unspecified atom stereocenters. The van der Waals surface area contributed by atoms with Crippen molar-refractivity contribution in [3.05, 3.63) is 29.8 Å². The lowest BCUT2D eigenvalue weighted by Crippen LogP contribution is -2.35. The number of para-hydroxylation sites is 1. The summed E-state index contributed by atoms with van der Waals surface area (Å²) in [4.78, 5) is 0. The van der Waals surface area contributed by atoms with E-state index in [0.717, 1.165) is 17.7 Å². The molecule has 0 saturated heterocycles. The Morgan fingerprint density at radius 2 is 1.93 bits per heavy atom. The summed E-state index contributed by atoms with van der Waals surface area (Å²) in [5.74, 6) is 0.885. The highest BCUT2D eigenvalue weighted by Crippen LogP contribution is 2.19. The zero-order chi connectivity index (χ0) is 11.3. The van der Waals surface area contributed by atoms with Gasteiger partial charge in [-0.3, -0.25) is 0 Å². The molecule has 0 aromatic heterocycles. The highest BCUT2D eigenvalue weighted by molar-refractivity contribution is 5.33. The number of rotatable bonds is 5. The third-order valence-corrected chi connectivity index (χ3v) is 2.62. The minimum atomic E-state index is -0.00806. The van der Waals surface area contributed by atoms with Crippen molar-refractivity contribution in [2.24, 2.45) is 5.73 Å². The van der Waals surface area contributed by atoms with Gasteiger partial charge in [-0.1, -0.05) is 18.2 Å². The van der Waals surface area contributed by atoms with E-state index >= 15 is 0 Å². The monoisotopic (exact) mass is 209 g/mol. The summed E-state index contributed by atoms with van der Waals surface area (Å²) >= 11 is 0. The van der Waals surface area contributed by atoms with Gasteiger partial charge >= 0.3 is 0 Å².